The lowest BCUT2D eigenvalue weighted by Crippen LogP contribution is -2.38. The van der Waals surface area contributed by atoms with Gasteiger partial charge in [-0.1, -0.05) is 11.6 Å². The van der Waals surface area contributed by atoms with E-state index in [1.807, 2.05) is 17.6 Å². The van der Waals surface area contributed by atoms with Crippen LogP contribution in [-0.2, 0) is 29.1 Å². The second-order valence-corrected chi connectivity index (χ2v) is 12.2. The van der Waals surface area contributed by atoms with Crippen LogP contribution in [0.15, 0.2) is 28.5 Å². The maximum absolute atomic E-state index is 12.8. The highest BCUT2D eigenvalue weighted by molar-refractivity contribution is 7.09. The third-order valence-corrected chi connectivity index (χ3v) is 8.27. The lowest BCUT2D eigenvalue weighted by atomic mass is 9.97. The molecule has 0 bridgehead atoms. The van der Waals surface area contributed by atoms with Crippen molar-refractivity contribution in [3.05, 3.63) is 57.2 Å². The Bertz CT molecular complexity index is 1630. The molecule has 1 saturated heterocycles. The molecule has 4 aromatic rings. The molecule has 1 aliphatic heterocycles. The third kappa shape index (κ3) is 10.5. The van der Waals surface area contributed by atoms with Crippen LogP contribution in [0.3, 0.4) is 0 Å². The fraction of sp³-hybridized carbons (Fsp3) is 0.552. The zero-order valence-corrected chi connectivity index (χ0v) is 26.8. The predicted molar refractivity (Wildman–Crippen MR) is 159 cm³/mol. The van der Waals surface area contributed by atoms with E-state index in [2.05, 4.69) is 35.3 Å². The van der Waals surface area contributed by atoms with Crippen LogP contribution in [0.1, 0.15) is 76.7 Å². The highest BCUT2D eigenvalue weighted by Gasteiger charge is 2.47. The molecule has 4 aromatic heterocycles. The monoisotopic (exact) mass is 686 g/mol. The van der Waals surface area contributed by atoms with Gasteiger partial charge in [0.1, 0.15) is 16.7 Å². The van der Waals surface area contributed by atoms with Crippen molar-refractivity contribution < 1.29 is 40.9 Å². The topological polar surface area (TPSA) is 149 Å². The van der Waals surface area contributed by atoms with Gasteiger partial charge in [-0.25, -0.2) is 27.9 Å². The molecule has 2 fully saturated rings. The average Bonchev–Trinajstić information content (AvgIpc) is 3.80. The van der Waals surface area contributed by atoms with Crippen LogP contribution in [0.4, 0.5) is 22.0 Å². The number of amides is 2. The molecule has 6 rings (SSSR count). The fourth-order valence-corrected chi connectivity index (χ4v) is 5.67. The Hall–Kier alpha value is -4.06. The maximum Gasteiger partial charge on any atom is 0.408 e. The highest BCUT2D eigenvalue weighted by atomic mass is 32.1. The van der Waals surface area contributed by atoms with Gasteiger partial charge in [0, 0.05) is 36.9 Å². The summed E-state index contributed by atoms with van der Waals surface area (Å²) in [5, 5.41) is 18.9. The number of nitrogens with one attached hydrogen (secondary N) is 2. The van der Waals surface area contributed by atoms with Crippen molar-refractivity contribution in [2.24, 2.45) is 5.92 Å². The molecule has 2 aliphatic rings. The van der Waals surface area contributed by atoms with Crippen LogP contribution in [0.5, 0.6) is 0 Å². The Morgan fingerprint density at radius 2 is 1.94 bits per heavy atom. The van der Waals surface area contributed by atoms with Crippen LogP contribution >= 0.6 is 11.3 Å². The second kappa shape index (κ2) is 15.7. The first-order valence-electron chi connectivity index (χ1n) is 14.8. The van der Waals surface area contributed by atoms with Gasteiger partial charge >= 0.3 is 6.18 Å². The lowest BCUT2D eigenvalue weighted by molar-refractivity contribution is -0.154. The van der Waals surface area contributed by atoms with Crippen molar-refractivity contribution in [1.29, 1.82) is 0 Å². The number of nitrogens with zero attached hydrogens (tertiary/aromatic N) is 6. The standard InChI is InChI=1S/C17H16F3N7O3.C6H10F2.C6H9NOS/c1-8-14(26-30-25-8)16(29)21-6-11-7-27-13(23-11)3-9(5-22-27)2-10-4-12(17(18,19)20)24-15(10)28;7-6(8)4-2-1-3-5-6;1-5-4-9-6(7-5)3-8-2/h3,5,7,10,12H,2,4,6H2,1H3,(H,21,29)(H,24,28);1-5H2;4H,3H2,1-2H3. The minimum Gasteiger partial charge on any atom is -0.378 e. The van der Waals surface area contributed by atoms with Crippen molar-refractivity contribution in [2.75, 3.05) is 7.11 Å². The van der Waals surface area contributed by atoms with Crippen molar-refractivity contribution >= 4 is 28.8 Å². The third-order valence-electron chi connectivity index (χ3n) is 7.33. The second-order valence-electron chi connectivity index (χ2n) is 11.3. The number of imidazole rings is 1. The molecule has 47 heavy (non-hydrogen) atoms. The summed E-state index contributed by atoms with van der Waals surface area (Å²) in [7, 11) is 1.68. The van der Waals surface area contributed by atoms with Gasteiger partial charge in [0.2, 0.25) is 11.8 Å². The number of alkyl halides is 5. The molecule has 256 valence electrons. The molecular formula is C29H35F5N8O4S. The van der Waals surface area contributed by atoms with Gasteiger partial charge in [-0.3, -0.25) is 9.59 Å². The molecule has 2 amide bonds. The van der Waals surface area contributed by atoms with Gasteiger partial charge in [0.05, 0.1) is 31.2 Å². The molecule has 1 aliphatic carbocycles. The van der Waals surface area contributed by atoms with E-state index >= 15 is 0 Å². The molecule has 18 heteroatoms. The number of aryl methyl sites for hydroxylation is 2. The molecule has 1 saturated carbocycles. The maximum atomic E-state index is 12.8. The largest absolute Gasteiger partial charge is 0.408 e. The summed E-state index contributed by atoms with van der Waals surface area (Å²) >= 11 is 1.64. The first-order chi connectivity index (χ1) is 22.2. The summed E-state index contributed by atoms with van der Waals surface area (Å²) in [6, 6.07) is -0.171. The zero-order chi connectivity index (χ0) is 34.2. The summed E-state index contributed by atoms with van der Waals surface area (Å²) in [5.74, 6) is -4.19. The molecule has 2 unspecified atom stereocenters. The van der Waals surface area contributed by atoms with E-state index in [1.165, 1.54) is 10.7 Å². The van der Waals surface area contributed by atoms with Crippen molar-refractivity contribution in [1.82, 2.24) is 40.5 Å². The molecule has 5 heterocycles. The molecular weight excluding hydrogens is 651 g/mol. The first-order valence-corrected chi connectivity index (χ1v) is 15.7. The molecule has 0 radical (unpaired) electrons. The van der Waals surface area contributed by atoms with E-state index < -0.39 is 35.9 Å². The minimum absolute atomic E-state index is 0.0752. The van der Waals surface area contributed by atoms with E-state index in [0.29, 0.717) is 42.0 Å². The number of thiazole rings is 1. The van der Waals surface area contributed by atoms with Gasteiger partial charge in [0.25, 0.3) is 5.91 Å². The van der Waals surface area contributed by atoms with Gasteiger partial charge in [-0.05, 0) is 56.3 Å². The molecule has 2 atom stereocenters. The van der Waals surface area contributed by atoms with Gasteiger partial charge in [0.15, 0.2) is 11.3 Å². The highest BCUT2D eigenvalue weighted by Crippen LogP contribution is 2.33. The Kier molecular flexibility index (Phi) is 11.9. The van der Waals surface area contributed by atoms with Gasteiger partial charge < -0.3 is 15.4 Å². The molecule has 12 nitrogen and oxygen atoms in total. The number of rotatable bonds is 7. The lowest BCUT2D eigenvalue weighted by Gasteiger charge is -2.20. The van der Waals surface area contributed by atoms with Crippen molar-refractivity contribution in [2.45, 2.75) is 90.1 Å². The predicted octanol–water partition coefficient (Wildman–Crippen LogP) is 5.14. The van der Waals surface area contributed by atoms with Crippen LogP contribution in [0.25, 0.3) is 5.65 Å². The van der Waals surface area contributed by atoms with E-state index in [4.69, 9.17) is 4.74 Å². The number of hydrogen-bond acceptors (Lipinski definition) is 10. The Morgan fingerprint density at radius 3 is 2.49 bits per heavy atom. The van der Waals surface area contributed by atoms with E-state index in [9.17, 15) is 31.5 Å². The van der Waals surface area contributed by atoms with Gasteiger partial charge in [-0.2, -0.15) is 18.3 Å². The summed E-state index contributed by atoms with van der Waals surface area (Å²) in [6.07, 6.45) is 1.10. The van der Waals surface area contributed by atoms with Crippen LogP contribution in [-0.4, -0.2) is 67.0 Å². The quantitative estimate of drug-likeness (QED) is 0.252. The molecule has 2 N–H and O–H groups in total. The summed E-state index contributed by atoms with van der Waals surface area (Å²) in [6.45, 7) is 4.31. The molecule has 0 aromatic carbocycles. The van der Waals surface area contributed by atoms with Crippen LogP contribution in [0, 0.1) is 19.8 Å². The number of fused-ring (bicyclic) bond motifs is 1. The first kappa shape index (κ1) is 35.8. The average molecular weight is 687 g/mol. The normalized spacial score (nSPS) is 18.9. The minimum atomic E-state index is -4.46. The number of methoxy groups -OCH3 is 1. The SMILES string of the molecule is COCc1nc(C)cs1.Cc1nonc1C(=O)NCc1cn2ncc(CC3CC(C(F)(F)F)NC3=O)cc2n1.FC1(F)CCCCC1. The van der Waals surface area contributed by atoms with E-state index in [1.54, 1.807) is 37.6 Å². The zero-order valence-electron chi connectivity index (χ0n) is 25.9. The number of carbonyl (C=O) groups is 2. The van der Waals surface area contributed by atoms with Gasteiger partial charge in [-0.15, -0.1) is 11.3 Å². The Morgan fingerprint density at radius 1 is 1.19 bits per heavy atom. The number of carbonyl (C=O) groups excluding carboxylic acids is 2. The number of halogens is 5. The fourth-order valence-electron chi connectivity index (χ4n) is 4.93. The Labute approximate surface area is 270 Å². The van der Waals surface area contributed by atoms with Crippen molar-refractivity contribution in [3.8, 4) is 0 Å². The summed E-state index contributed by atoms with van der Waals surface area (Å²) in [4.78, 5) is 32.5. The van der Waals surface area contributed by atoms with Crippen molar-refractivity contribution in [3.63, 3.8) is 0 Å². The Balaban J connectivity index is 0.000000238. The summed E-state index contributed by atoms with van der Waals surface area (Å²) < 4.78 is 73.7. The number of ether oxygens (including phenoxy) is 1. The molecule has 0 spiro atoms. The van der Waals surface area contributed by atoms with Crippen LogP contribution < -0.4 is 10.6 Å². The smallest absolute Gasteiger partial charge is 0.378 e. The summed E-state index contributed by atoms with van der Waals surface area (Å²) in [5.41, 5.74) is 3.06. The van der Waals surface area contributed by atoms with E-state index in [-0.39, 0.29) is 37.9 Å². The van der Waals surface area contributed by atoms with E-state index in [0.717, 1.165) is 17.1 Å². The van der Waals surface area contributed by atoms with Crippen LogP contribution in [0.2, 0.25) is 0 Å². The number of hydrogen-bond donors (Lipinski definition) is 2. The number of aromatic nitrogens is 6.